The topological polar surface area (TPSA) is 215 Å². The molecule has 0 radical (unpaired) electrons. The predicted octanol–water partition coefficient (Wildman–Crippen LogP) is 0.506. The van der Waals surface area contributed by atoms with Crippen LogP contribution in [-0.4, -0.2) is 85.6 Å². The number of hydrogen-bond donors (Lipinski definition) is 7. The smallest absolute Gasteiger partial charge is 0.326 e. The number of hydrogen-bond acceptors (Lipinski definition) is 7. The molecule has 1 saturated heterocycles. The lowest BCUT2D eigenvalue weighted by Crippen LogP contribution is -2.57. The van der Waals surface area contributed by atoms with E-state index in [0.717, 1.165) is 10.9 Å². The Kier molecular flexibility index (Phi) is 9.42. The minimum absolute atomic E-state index is 0.00559. The molecule has 1 aromatic heterocycles. The van der Waals surface area contributed by atoms with Crippen molar-refractivity contribution >= 4 is 40.6 Å². The predicted molar refractivity (Wildman–Crippen MR) is 150 cm³/mol. The van der Waals surface area contributed by atoms with Gasteiger partial charge in [-0.2, -0.15) is 0 Å². The average Bonchev–Trinajstić information content (AvgIpc) is 3.60. The number of phenols is 1. The van der Waals surface area contributed by atoms with Gasteiger partial charge in [-0.3, -0.25) is 19.2 Å². The largest absolute Gasteiger partial charge is 0.508 e. The van der Waals surface area contributed by atoms with Crippen molar-refractivity contribution < 1.29 is 39.3 Å². The van der Waals surface area contributed by atoms with E-state index < -0.39 is 60.2 Å². The molecule has 42 heavy (non-hydrogen) atoms. The number of fused-ring (bicyclic) bond motifs is 1. The van der Waals surface area contributed by atoms with Crippen molar-refractivity contribution in [1.82, 2.24) is 20.5 Å². The fraction of sp³-hybridized carbons (Fsp3) is 0.345. The first-order valence-electron chi connectivity index (χ1n) is 13.5. The number of carboxylic acids is 2. The van der Waals surface area contributed by atoms with Crippen molar-refractivity contribution in [3.63, 3.8) is 0 Å². The van der Waals surface area contributed by atoms with Gasteiger partial charge in [0, 0.05) is 36.5 Å². The fourth-order valence-corrected chi connectivity index (χ4v) is 5.12. The lowest BCUT2D eigenvalue weighted by atomic mass is 10.0. The number of carboxylic acid groups (broad SMARTS) is 2. The number of amides is 3. The number of carbonyl (C=O) groups excluding carboxylic acids is 3. The first-order valence-corrected chi connectivity index (χ1v) is 13.5. The zero-order chi connectivity index (χ0) is 30.4. The monoisotopic (exact) mass is 579 g/mol. The van der Waals surface area contributed by atoms with E-state index >= 15 is 0 Å². The molecular weight excluding hydrogens is 546 g/mol. The van der Waals surface area contributed by atoms with Crippen LogP contribution in [0.2, 0.25) is 0 Å². The van der Waals surface area contributed by atoms with E-state index in [1.54, 1.807) is 18.3 Å². The molecule has 3 aromatic rings. The molecular formula is C29H33N5O8. The van der Waals surface area contributed by atoms with Crippen LogP contribution in [0.15, 0.2) is 54.7 Å². The van der Waals surface area contributed by atoms with Gasteiger partial charge in [0.05, 0.1) is 12.5 Å². The second-order valence-electron chi connectivity index (χ2n) is 10.3. The quantitative estimate of drug-likeness (QED) is 0.159. The number of rotatable bonds is 12. The minimum atomic E-state index is -1.41. The first-order chi connectivity index (χ1) is 20.0. The molecule has 2 heterocycles. The van der Waals surface area contributed by atoms with Gasteiger partial charge in [0.1, 0.15) is 23.9 Å². The molecule has 4 unspecified atom stereocenters. The third-order valence-corrected chi connectivity index (χ3v) is 7.27. The standard InChI is InChI=1S/C29H33N5O8/c30-20(14-25(36)37)26(38)32-22(12-16-7-9-18(35)10-8-16)28(40)34-11-3-6-24(34)27(39)33-23(29(41)42)13-17-15-31-21-5-2-1-4-19(17)21/h1-2,4-5,7-10,15,20,22-24,31,35H,3,6,11-14,30H2,(H,32,38)(H,33,39)(H,36,37)(H,41,42). The van der Waals surface area contributed by atoms with Crippen LogP contribution >= 0.6 is 0 Å². The van der Waals surface area contributed by atoms with E-state index in [0.29, 0.717) is 17.5 Å². The van der Waals surface area contributed by atoms with Gasteiger partial charge in [-0.25, -0.2) is 4.79 Å². The summed E-state index contributed by atoms with van der Waals surface area (Å²) in [5.41, 5.74) is 7.84. The summed E-state index contributed by atoms with van der Waals surface area (Å²) < 4.78 is 0. The highest BCUT2D eigenvalue weighted by molar-refractivity contribution is 5.95. The Morgan fingerprint density at radius 3 is 2.38 bits per heavy atom. The van der Waals surface area contributed by atoms with Gasteiger partial charge >= 0.3 is 11.9 Å². The average molecular weight is 580 g/mol. The van der Waals surface area contributed by atoms with Crippen LogP contribution < -0.4 is 16.4 Å². The Morgan fingerprint density at radius 1 is 0.976 bits per heavy atom. The van der Waals surface area contributed by atoms with Crippen molar-refractivity contribution in [1.29, 1.82) is 0 Å². The summed E-state index contributed by atoms with van der Waals surface area (Å²) in [6.45, 7) is 0.195. The summed E-state index contributed by atoms with van der Waals surface area (Å²) in [4.78, 5) is 67.3. The highest BCUT2D eigenvalue weighted by Gasteiger charge is 2.39. The van der Waals surface area contributed by atoms with E-state index in [2.05, 4.69) is 15.6 Å². The molecule has 0 spiro atoms. The lowest BCUT2D eigenvalue weighted by molar-refractivity contribution is -0.145. The number of para-hydroxylation sites is 1. The van der Waals surface area contributed by atoms with Gasteiger partial charge in [0.2, 0.25) is 17.7 Å². The Morgan fingerprint density at radius 2 is 1.69 bits per heavy atom. The van der Waals surface area contributed by atoms with Crippen LogP contribution in [0, 0.1) is 0 Å². The van der Waals surface area contributed by atoms with Crippen LogP contribution in [0.4, 0.5) is 0 Å². The summed E-state index contributed by atoms with van der Waals surface area (Å²) in [6, 6.07) is 8.52. The van der Waals surface area contributed by atoms with Crippen LogP contribution in [0.25, 0.3) is 10.9 Å². The number of aromatic nitrogens is 1. The van der Waals surface area contributed by atoms with Crippen LogP contribution in [0.3, 0.4) is 0 Å². The number of benzene rings is 2. The normalized spacial score (nSPS) is 16.9. The number of aromatic hydroxyl groups is 1. The first kappa shape index (κ1) is 30.1. The van der Waals surface area contributed by atoms with Gasteiger partial charge in [0.25, 0.3) is 0 Å². The SMILES string of the molecule is NC(CC(=O)O)C(=O)NC(Cc1ccc(O)cc1)C(=O)N1CCCC1C(=O)NC(Cc1c[nH]c2ccccc12)C(=O)O. The maximum Gasteiger partial charge on any atom is 0.326 e. The Labute approximate surface area is 240 Å². The number of nitrogens with zero attached hydrogens (tertiary/aromatic N) is 1. The number of carbonyl (C=O) groups is 5. The summed E-state index contributed by atoms with van der Waals surface area (Å²) in [5, 5.41) is 34.4. The molecule has 1 aliphatic rings. The third kappa shape index (κ3) is 7.23. The van der Waals surface area contributed by atoms with Crippen molar-refractivity contribution in [2.75, 3.05) is 6.54 Å². The van der Waals surface area contributed by atoms with E-state index in [-0.39, 0.29) is 31.6 Å². The van der Waals surface area contributed by atoms with Gasteiger partial charge in [-0.15, -0.1) is 0 Å². The molecule has 0 saturated carbocycles. The highest BCUT2D eigenvalue weighted by Crippen LogP contribution is 2.22. The third-order valence-electron chi connectivity index (χ3n) is 7.27. The fourth-order valence-electron chi connectivity index (χ4n) is 5.12. The summed E-state index contributed by atoms with van der Waals surface area (Å²) in [6.07, 6.45) is 1.82. The van der Waals surface area contributed by atoms with Crippen molar-refractivity contribution in [2.45, 2.75) is 56.3 Å². The molecule has 0 bridgehead atoms. The van der Waals surface area contributed by atoms with Gasteiger partial charge in [-0.1, -0.05) is 30.3 Å². The second kappa shape index (κ2) is 13.2. The molecule has 4 rings (SSSR count). The molecule has 1 aliphatic heterocycles. The number of likely N-dealkylation sites (tertiary alicyclic amines) is 1. The summed E-state index contributed by atoms with van der Waals surface area (Å²) in [5.74, 6) is -4.58. The van der Waals surface area contributed by atoms with Gasteiger partial charge in [-0.05, 0) is 42.2 Å². The minimum Gasteiger partial charge on any atom is -0.508 e. The Balaban J connectivity index is 1.50. The van der Waals surface area contributed by atoms with E-state index in [4.69, 9.17) is 10.8 Å². The van der Waals surface area contributed by atoms with E-state index in [1.807, 2.05) is 24.3 Å². The maximum absolute atomic E-state index is 13.7. The number of aliphatic carboxylic acids is 2. The van der Waals surface area contributed by atoms with E-state index in [9.17, 15) is 34.2 Å². The van der Waals surface area contributed by atoms with Crippen molar-refractivity contribution in [2.24, 2.45) is 5.73 Å². The molecule has 3 amide bonds. The zero-order valence-corrected chi connectivity index (χ0v) is 22.7. The number of phenolic OH excluding ortho intramolecular Hbond substituents is 1. The van der Waals surface area contributed by atoms with Crippen LogP contribution in [0.5, 0.6) is 5.75 Å². The molecule has 8 N–H and O–H groups in total. The van der Waals surface area contributed by atoms with Gasteiger partial charge in [0.15, 0.2) is 0 Å². The van der Waals surface area contributed by atoms with Crippen LogP contribution in [0.1, 0.15) is 30.4 Å². The molecule has 222 valence electrons. The number of nitrogens with one attached hydrogen (secondary N) is 3. The lowest BCUT2D eigenvalue weighted by Gasteiger charge is -2.30. The summed E-state index contributed by atoms with van der Waals surface area (Å²) >= 11 is 0. The Bertz CT molecular complexity index is 1470. The summed E-state index contributed by atoms with van der Waals surface area (Å²) in [7, 11) is 0. The van der Waals surface area contributed by atoms with Crippen LogP contribution in [-0.2, 0) is 36.8 Å². The molecule has 0 aliphatic carbocycles. The molecule has 13 heteroatoms. The highest BCUT2D eigenvalue weighted by atomic mass is 16.4. The number of H-pyrrole nitrogens is 1. The molecule has 1 fully saturated rings. The van der Waals surface area contributed by atoms with Gasteiger partial charge < -0.3 is 41.6 Å². The molecule has 4 atom stereocenters. The molecule has 2 aromatic carbocycles. The molecule has 13 nitrogen and oxygen atoms in total. The second-order valence-corrected chi connectivity index (χ2v) is 10.3. The van der Waals surface area contributed by atoms with Crippen molar-refractivity contribution in [3.8, 4) is 5.75 Å². The van der Waals surface area contributed by atoms with E-state index in [1.165, 1.54) is 17.0 Å². The Hall–Kier alpha value is -4.91. The number of aromatic amines is 1. The zero-order valence-electron chi connectivity index (χ0n) is 22.7. The number of nitrogens with two attached hydrogens (primary N) is 1. The maximum atomic E-state index is 13.7. The van der Waals surface area contributed by atoms with Crippen molar-refractivity contribution in [3.05, 3.63) is 65.9 Å².